The number of benzene rings is 1. The molecule has 1 aromatic carbocycles. The van der Waals surface area contributed by atoms with Gasteiger partial charge in [0.1, 0.15) is 5.76 Å². The zero-order chi connectivity index (χ0) is 23.2. The van der Waals surface area contributed by atoms with E-state index in [2.05, 4.69) is 18.4 Å². The van der Waals surface area contributed by atoms with E-state index in [1.165, 1.54) is 0 Å². The predicted octanol–water partition coefficient (Wildman–Crippen LogP) is 5.05. The predicted molar refractivity (Wildman–Crippen MR) is 128 cm³/mol. The molecule has 2 aromatic heterocycles. The summed E-state index contributed by atoms with van der Waals surface area (Å²) >= 11 is 0. The minimum absolute atomic E-state index is 0.0246. The molecule has 33 heavy (non-hydrogen) atoms. The van der Waals surface area contributed by atoms with E-state index in [4.69, 9.17) is 4.42 Å². The van der Waals surface area contributed by atoms with Crippen molar-refractivity contribution in [3.05, 3.63) is 83.6 Å². The fourth-order valence-corrected chi connectivity index (χ4v) is 4.34. The first-order chi connectivity index (χ1) is 16.0. The molecule has 1 saturated heterocycles. The Morgan fingerprint density at radius 3 is 2.52 bits per heavy atom. The van der Waals surface area contributed by atoms with E-state index in [1.54, 1.807) is 6.07 Å². The molecule has 1 aliphatic rings. The number of piperidine rings is 1. The Morgan fingerprint density at radius 2 is 1.79 bits per heavy atom. The fraction of sp³-hybridized carbons (Fsp3) is 0.407. The molecule has 174 valence electrons. The minimum Gasteiger partial charge on any atom is -0.454 e. The van der Waals surface area contributed by atoms with Crippen LogP contribution in [-0.2, 0) is 13.1 Å². The Morgan fingerprint density at radius 1 is 1.03 bits per heavy atom. The number of hydrogen-bond acceptors (Lipinski definition) is 3. The first-order valence-electron chi connectivity index (χ1n) is 11.9. The third-order valence-electron chi connectivity index (χ3n) is 6.35. The first-order valence-corrected chi connectivity index (χ1v) is 11.9. The van der Waals surface area contributed by atoms with Crippen molar-refractivity contribution in [2.24, 2.45) is 5.92 Å². The Hall–Kier alpha value is -3.28. The third-order valence-corrected chi connectivity index (χ3v) is 6.35. The lowest BCUT2D eigenvalue weighted by Crippen LogP contribution is -2.37. The highest BCUT2D eigenvalue weighted by molar-refractivity contribution is 5.94. The van der Waals surface area contributed by atoms with Gasteiger partial charge in [-0.05, 0) is 61.6 Å². The van der Waals surface area contributed by atoms with Gasteiger partial charge < -0.3 is 18.8 Å². The maximum Gasteiger partial charge on any atom is 0.289 e. The Balaban J connectivity index is 1.43. The lowest BCUT2D eigenvalue weighted by atomic mass is 9.99. The third kappa shape index (κ3) is 5.56. The van der Waals surface area contributed by atoms with Crippen molar-refractivity contribution in [3.8, 4) is 0 Å². The van der Waals surface area contributed by atoms with Gasteiger partial charge in [-0.3, -0.25) is 9.59 Å². The Bertz CT molecular complexity index is 1060. The van der Waals surface area contributed by atoms with E-state index in [1.807, 2.05) is 64.5 Å². The lowest BCUT2D eigenvalue weighted by molar-refractivity contribution is 0.0662. The second-order valence-electron chi connectivity index (χ2n) is 8.96. The van der Waals surface area contributed by atoms with E-state index in [0.717, 1.165) is 43.8 Å². The Labute approximate surface area is 195 Å². The molecule has 0 radical (unpaired) electrons. The van der Waals surface area contributed by atoms with Crippen LogP contribution >= 0.6 is 0 Å². The van der Waals surface area contributed by atoms with Crippen molar-refractivity contribution in [1.29, 1.82) is 0 Å². The maximum atomic E-state index is 13.0. The van der Waals surface area contributed by atoms with Crippen LogP contribution in [0.2, 0.25) is 0 Å². The van der Waals surface area contributed by atoms with Gasteiger partial charge in [-0.25, -0.2) is 0 Å². The van der Waals surface area contributed by atoms with Crippen molar-refractivity contribution < 1.29 is 14.0 Å². The summed E-state index contributed by atoms with van der Waals surface area (Å²) in [6, 6.07) is 17.1. The zero-order valence-electron chi connectivity index (χ0n) is 19.6. The van der Waals surface area contributed by atoms with Crippen molar-refractivity contribution >= 4 is 11.8 Å². The monoisotopic (exact) mass is 447 g/mol. The van der Waals surface area contributed by atoms with Crippen LogP contribution in [0.5, 0.6) is 0 Å². The standard InChI is InChI=1S/C27H33N3O3/c1-3-15-30(26(31)22-8-5-4-6-9-22)19-23-10-7-16-29(23)20-24-11-12-25(33-24)27(32)28-17-13-21(2)14-18-28/h4-12,16,21H,3,13-15,17-20H2,1-2H3. The molecule has 4 rings (SSSR count). The molecule has 6 nitrogen and oxygen atoms in total. The number of furan rings is 1. The van der Waals surface area contributed by atoms with Crippen LogP contribution in [-0.4, -0.2) is 45.8 Å². The number of amides is 2. The zero-order valence-corrected chi connectivity index (χ0v) is 19.6. The summed E-state index contributed by atoms with van der Waals surface area (Å²) in [6.45, 7) is 7.62. The van der Waals surface area contributed by atoms with Gasteiger partial charge in [-0.1, -0.05) is 32.0 Å². The second kappa shape index (κ2) is 10.6. The minimum atomic E-state index is -0.0246. The Kier molecular flexibility index (Phi) is 7.33. The summed E-state index contributed by atoms with van der Waals surface area (Å²) in [7, 11) is 0. The highest BCUT2D eigenvalue weighted by Crippen LogP contribution is 2.20. The summed E-state index contributed by atoms with van der Waals surface area (Å²) in [4.78, 5) is 29.6. The van der Waals surface area contributed by atoms with Gasteiger partial charge in [0.2, 0.25) is 0 Å². The molecule has 0 atom stereocenters. The topological polar surface area (TPSA) is 58.7 Å². The molecule has 0 aliphatic carbocycles. The van der Waals surface area contributed by atoms with Crippen LogP contribution in [0.3, 0.4) is 0 Å². The second-order valence-corrected chi connectivity index (χ2v) is 8.96. The van der Waals surface area contributed by atoms with Crippen LogP contribution in [0, 0.1) is 5.92 Å². The quantitative estimate of drug-likeness (QED) is 0.485. The molecule has 0 saturated carbocycles. The molecule has 3 heterocycles. The first kappa shape index (κ1) is 22.9. The average Bonchev–Trinajstić information content (AvgIpc) is 3.49. The summed E-state index contributed by atoms with van der Waals surface area (Å²) < 4.78 is 8.01. The van der Waals surface area contributed by atoms with Gasteiger partial charge in [0.25, 0.3) is 11.8 Å². The lowest BCUT2D eigenvalue weighted by Gasteiger charge is -2.29. The molecule has 6 heteroatoms. The average molecular weight is 448 g/mol. The van der Waals surface area contributed by atoms with E-state index < -0.39 is 0 Å². The molecule has 1 aliphatic heterocycles. The normalized spacial score (nSPS) is 14.4. The summed E-state index contributed by atoms with van der Waals surface area (Å²) in [5.41, 5.74) is 1.73. The largest absolute Gasteiger partial charge is 0.454 e. The number of likely N-dealkylation sites (tertiary alicyclic amines) is 1. The highest BCUT2D eigenvalue weighted by Gasteiger charge is 2.24. The number of aromatic nitrogens is 1. The maximum absolute atomic E-state index is 13.0. The number of carbonyl (C=O) groups is 2. The van der Waals surface area contributed by atoms with Gasteiger partial charge >= 0.3 is 0 Å². The van der Waals surface area contributed by atoms with Crippen LogP contribution in [0.15, 0.2) is 65.2 Å². The highest BCUT2D eigenvalue weighted by atomic mass is 16.4. The van der Waals surface area contributed by atoms with Gasteiger partial charge in [-0.15, -0.1) is 0 Å². The van der Waals surface area contributed by atoms with E-state index >= 15 is 0 Å². The van der Waals surface area contributed by atoms with Crippen molar-refractivity contribution in [3.63, 3.8) is 0 Å². The van der Waals surface area contributed by atoms with Crippen molar-refractivity contribution in [1.82, 2.24) is 14.4 Å². The van der Waals surface area contributed by atoms with Crippen molar-refractivity contribution in [2.45, 2.75) is 46.2 Å². The molecule has 3 aromatic rings. The molecule has 0 bridgehead atoms. The molecule has 0 spiro atoms. The van der Waals surface area contributed by atoms with E-state index in [0.29, 0.717) is 36.9 Å². The van der Waals surface area contributed by atoms with Gasteiger partial charge in [-0.2, -0.15) is 0 Å². The van der Waals surface area contributed by atoms with Crippen LogP contribution in [0.4, 0.5) is 0 Å². The van der Waals surface area contributed by atoms with Crippen LogP contribution < -0.4 is 0 Å². The number of rotatable bonds is 8. The number of carbonyl (C=O) groups excluding carboxylic acids is 2. The molecule has 0 unspecified atom stereocenters. The SMILES string of the molecule is CCCN(Cc1cccn1Cc1ccc(C(=O)N2CCC(C)CC2)o1)C(=O)c1ccccc1. The molecule has 2 amide bonds. The smallest absolute Gasteiger partial charge is 0.289 e. The molecule has 0 N–H and O–H groups in total. The van der Waals surface area contributed by atoms with Crippen molar-refractivity contribution in [2.75, 3.05) is 19.6 Å². The summed E-state index contributed by atoms with van der Waals surface area (Å²) in [5, 5.41) is 0. The summed E-state index contributed by atoms with van der Waals surface area (Å²) in [5.74, 6) is 1.82. The summed E-state index contributed by atoms with van der Waals surface area (Å²) in [6.07, 6.45) is 4.96. The molecular weight excluding hydrogens is 414 g/mol. The van der Waals surface area contributed by atoms with Crippen LogP contribution in [0.25, 0.3) is 0 Å². The number of hydrogen-bond donors (Lipinski definition) is 0. The fourth-order valence-electron chi connectivity index (χ4n) is 4.34. The van der Waals surface area contributed by atoms with E-state index in [-0.39, 0.29) is 11.8 Å². The number of nitrogens with zero attached hydrogens (tertiary/aromatic N) is 3. The molecule has 1 fully saturated rings. The van der Waals surface area contributed by atoms with Crippen LogP contribution in [0.1, 0.15) is 65.5 Å². The van der Waals surface area contributed by atoms with Gasteiger partial charge in [0.15, 0.2) is 5.76 Å². The van der Waals surface area contributed by atoms with E-state index in [9.17, 15) is 9.59 Å². The molecular formula is C27H33N3O3. The van der Waals surface area contributed by atoms with Gasteiger partial charge in [0, 0.05) is 37.1 Å². The van der Waals surface area contributed by atoms with Gasteiger partial charge in [0.05, 0.1) is 13.1 Å².